The second-order valence-electron chi connectivity index (χ2n) is 3.81. The zero-order chi connectivity index (χ0) is 11.0. The second kappa shape index (κ2) is 3.83. The highest BCUT2D eigenvalue weighted by molar-refractivity contribution is 6.31. The van der Waals surface area contributed by atoms with E-state index in [1.165, 1.54) is 6.07 Å². The fourth-order valence-corrected chi connectivity index (χ4v) is 1.85. The van der Waals surface area contributed by atoms with Gasteiger partial charge in [0.25, 0.3) is 0 Å². The number of benzene rings is 1. The van der Waals surface area contributed by atoms with Gasteiger partial charge < -0.3 is 10.7 Å². The predicted molar refractivity (Wildman–Crippen MR) is 60.6 cm³/mol. The molecule has 2 nitrogen and oxygen atoms in total. The molecule has 0 saturated carbocycles. The van der Waals surface area contributed by atoms with Crippen LogP contribution in [0.2, 0.25) is 5.02 Å². The van der Waals surface area contributed by atoms with Gasteiger partial charge in [-0.1, -0.05) is 11.6 Å². The van der Waals surface area contributed by atoms with E-state index in [9.17, 15) is 4.39 Å². The van der Waals surface area contributed by atoms with E-state index in [4.69, 9.17) is 17.3 Å². The van der Waals surface area contributed by atoms with Gasteiger partial charge in [-0.2, -0.15) is 0 Å². The molecule has 3 N–H and O–H groups in total. The Kier molecular flexibility index (Phi) is 2.67. The van der Waals surface area contributed by atoms with Gasteiger partial charge in [0.15, 0.2) is 0 Å². The van der Waals surface area contributed by atoms with Gasteiger partial charge in [0.1, 0.15) is 5.82 Å². The number of halogens is 2. The highest BCUT2D eigenvalue weighted by atomic mass is 35.5. The Balaban J connectivity index is 2.54. The van der Waals surface area contributed by atoms with Gasteiger partial charge in [-0.15, -0.1) is 0 Å². The molecule has 0 bridgehead atoms. The van der Waals surface area contributed by atoms with E-state index in [0.29, 0.717) is 0 Å². The SMILES string of the molecule is C[C@H](N)Cc1c[nH]c2cc(Cl)c(F)cc12. The smallest absolute Gasteiger partial charge is 0.142 e. The third-order valence-electron chi connectivity index (χ3n) is 2.35. The van der Waals surface area contributed by atoms with Crippen molar-refractivity contribution in [2.75, 3.05) is 0 Å². The molecule has 1 aromatic heterocycles. The van der Waals surface area contributed by atoms with Crippen LogP contribution < -0.4 is 5.73 Å². The first-order chi connectivity index (χ1) is 7.08. The van der Waals surface area contributed by atoms with Crippen molar-refractivity contribution >= 4 is 22.5 Å². The minimum absolute atomic E-state index is 0.0581. The molecule has 1 aromatic carbocycles. The highest BCUT2D eigenvalue weighted by Crippen LogP contribution is 2.25. The summed E-state index contributed by atoms with van der Waals surface area (Å²) in [6.07, 6.45) is 2.57. The summed E-state index contributed by atoms with van der Waals surface area (Å²) in [5.74, 6) is -0.394. The highest BCUT2D eigenvalue weighted by Gasteiger charge is 2.09. The summed E-state index contributed by atoms with van der Waals surface area (Å²) in [5, 5.41) is 0.992. The lowest BCUT2D eigenvalue weighted by atomic mass is 10.1. The van der Waals surface area contributed by atoms with E-state index < -0.39 is 5.82 Å². The summed E-state index contributed by atoms with van der Waals surface area (Å²) in [4.78, 5) is 3.05. The number of nitrogens with two attached hydrogens (primary N) is 1. The summed E-state index contributed by atoms with van der Waals surface area (Å²) < 4.78 is 13.3. The normalized spacial score (nSPS) is 13.3. The Morgan fingerprint density at radius 2 is 2.27 bits per heavy atom. The van der Waals surface area contributed by atoms with Crippen molar-refractivity contribution in [2.24, 2.45) is 5.73 Å². The minimum Gasteiger partial charge on any atom is -0.361 e. The van der Waals surface area contributed by atoms with Crippen LogP contribution in [0.25, 0.3) is 10.9 Å². The predicted octanol–water partition coefficient (Wildman–Crippen LogP) is 2.85. The lowest BCUT2D eigenvalue weighted by Crippen LogP contribution is -2.17. The van der Waals surface area contributed by atoms with Crippen molar-refractivity contribution < 1.29 is 4.39 Å². The van der Waals surface area contributed by atoms with Crippen molar-refractivity contribution in [1.82, 2.24) is 4.98 Å². The fourth-order valence-electron chi connectivity index (χ4n) is 1.69. The van der Waals surface area contributed by atoms with Crippen LogP contribution in [-0.2, 0) is 6.42 Å². The van der Waals surface area contributed by atoms with Gasteiger partial charge >= 0.3 is 0 Å². The Morgan fingerprint density at radius 1 is 1.53 bits per heavy atom. The van der Waals surface area contributed by atoms with Crippen molar-refractivity contribution in [3.63, 3.8) is 0 Å². The summed E-state index contributed by atoms with van der Waals surface area (Å²) in [6, 6.07) is 3.10. The first-order valence-electron chi connectivity index (χ1n) is 4.78. The monoisotopic (exact) mass is 226 g/mol. The van der Waals surface area contributed by atoms with Crippen molar-refractivity contribution in [2.45, 2.75) is 19.4 Å². The molecule has 80 valence electrons. The van der Waals surface area contributed by atoms with Crippen LogP contribution in [0.5, 0.6) is 0 Å². The number of nitrogens with one attached hydrogen (secondary N) is 1. The topological polar surface area (TPSA) is 41.8 Å². The lowest BCUT2D eigenvalue weighted by molar-refractivity contribution is 0.630. The molecule has 0 radical (unpaired) electrons. The average molecular weight is 227 g/mol. The first-order valence-corrected chi connectivity index (χ1v) is 5.16. The summed E-state index contributed by atoms with van der Waals surface area (Å²) in [5.41, 5.74) is 7.58. The van der Waals surface area contributed by atoms with Crippen LogP contribution in [0.4, 0.5) is 4.39 Å². The van der Waals surface area contributed by atoms with E-state index in [2.05, 4.69) is 4.98 Å². The molecular weight excluding hydrogens is 215 g/mol. The number of hydrogen-bond acceptors (Lipinski definition) is 1. The number of hydrogen-bond donors (Lipinski definition) is 2. The van der Waals surface area contributed by atoms with Crippen LogP contribution in [0.15, 0.2) is 18.3 Å². The standard InChI is InChI=1S/C11H12ClFN2/c1-6(14)2-7-5-15-11-4-9(12)10(13)3-8(7)11/h3-6,15H,2,14H2,1H3/t6-/m0/s1. The van der Waals surface area contributed by atoms with Crippen molar-refractivity contribution in [1.29, 1.82) is 0 Å². The molecule has 0 spiro atoms. The van der Waals surface area contributed by atoms with Gasteiger partial charge in [-0.05, 0) is 31.0 Å². The van der Waals surface area contributed by atoms with Crippen LogP contribution >= 0.6 is 11.6 Å². The molecule has 0 unspecified atom stereocenters. The van der Waals surface area contributed by atoms with E-state index in [1.807, 2.05) is 13.1 Å². The van der Waals surface area contributed by atoms with Gasteiger partial charge in [0.2, 0.25) is 0 Å². The van der Waals surface area contributed by atoms with Crippen LogP contribution in [0.1, 0.15) is 12.5 Å². The third-order valence-corrected chi connectivity index (χ3v) is 2.64. The molecule has 0 aliphatic carbocycles. The van der Waals surface area contributed by atoms with Crippen molar-refractivity contribution in [3.05, 3.63) is 34.7 Å². The van der Waals surface area contributed by atoms with Crippen LogP contribution in [0, 0.1) is 5.82 Å². The maximum atomic E-state index is 13.3. The third kappa shape index (κ3) is 1.98. The minimum atomic E-state index is -0.394. The maximum Gasteiger partial charge on any atom is 0.142 e. The van der Waals surface area contributed by atoms with Crippen molar-refractivity contribution in [3.8, 4) is 0 Å². The molecule has 1 heterocycles. The molecule has 15 heavy (non-hydrogen) atoms. The van der Waals surface area contributed by atoms with Gasteiger partial charge in [0, 0.05) is 23.1 Å². The van der Waals surface area contributed by atoms with E-state index >= 15 is 0 Å². The molecule has 0 aliphatic heterocycles. The van der Waals surface area contributed by atoms with E-state index in [-0.39, 0.29) is 11.1 Å². The Bertz CT molecular complexity index is 491. The quantitative estimate of drug-likeness (QED) is 0.813. The molecule has 0 amide bonds. The zero-order valence-electron chi connectivity index (χ0n) is 8.35. The summed E-state index contributed by atoms with van der Waals surface area (Å²) in [7, 11) is 0. The molecule has 2 aromatic rings. The molecule has 0 saturated heterocycles. The first kappa shape index (κ1) is 10.5. The number of rotatable bonds is 2. The number of fused-ring (bicyclic) bond motifs is 1. The average Bonchev–Trinajstić information content (AvgIpc) is 2.49. The molecule has 4 heteroatoms. The van der Waals surface area contributed by atoms with Gasteiger partial charge in [-0.25, -0.2) is 4.39 Å². The Morgan fingerprint density at radius 3 is 2.93 bits per heavy atom. The number of aromatic nitrogens is 1. The zero-order valence-corrected chi connectivity index (χ0v) is 9.11. The van der Waals surface area contributed by atoms with E-state index in [1.54, 1.807) is 6.07 Å². The van der Waals surface area contributed by atoms with E-state index in [0.717, 1.165) is 22.9 Å². The molecule has 0 fully saturated rings. The molecular formula is C11H12ClFN2. The van der Waals surface area contributed by atoms with Crippen LogP contribution in [-0.4, -0.2) is 11.0 Å². The molecule has 2 rings (SSSR count). The number of H-pyrrole nitrogens is 1. The van der Waals surface area contributed by atoms with Gasteiger partial charge in [0.05, 0.1) is 5.02 Å². The number of aromatic amines is 1. The summed E-state index contributed by atoms with van der Waals surface area (Å²) in [6.45, 7) is 1.92. The molecule has 1 atom stereocenters. The lowest BCUT2D eigenvalue weighted by Gasteiger charge is -2.03. The fraction of sp³-hybridized carbons (Fsp3) is 0.273. The largest absolute Gasteiger partial charge is 0.361 e. The second-order valence-corrected chi connectivity index (χ2v) is 4.21. The van der Waals surface area contributed by atoms with Gasteiger partial charge in [-0.3, -0.25) is 0 Å². The Labute approximate surface area is 92.2 Å². The summed E-state index contributed by atoms with van der Waals surface area (Å²) >= 11 is 5.68. The Hall–Kier alpha value is -1.06. The maximum absolute atomic E-state index is 13.3. The molecule has 0 aliphatic rings. The van der Waals surface area contributed by atoms with Crippen LogP contribution in [0.3, 0.4) is 0 Å².